The molecule has 2 amide bonds. The first-order chi connectivity index (χ1) is 15.4. The van der Waals surface area contributed by atoms with E-state index in [1.807, 2.05) is 0 Å². The van der Waals surface area contributed by atoms with Gasteiger partial charge in [-0.25, -0.2) is 18.2 Å². The third kappa shape index (κ3) is 5.05. The summed E-state index contributed by atoms with van der Waals surface area (Å²) in [7, 11) is 0. The zero-order chi connectivity index (χ0) is 24.5. The van der Waals surface area contributed by atoms with Crippen LogP contribution in [-0.4, -0.2) is 16.8 Å². The third-order valence-corrected chi connectivity index (χ3v) is 4.41. The van der Waals surface area contributed by atoms with Gasteiger partial charge in [0, 0.05) is 12.1 Å². The number of nitrogens with zero attached hydrogens (tertiary/aromatic N) is 1. The predicted molar refractivity (Wildman–Crippen MR) is 103 cm³/mol. The lowest BCUT2D eigenvalue weighted by molar-refractivity contribution is -0.138. The number of primary amides is 1. The molecule has 0 bridgehead atoms. The summed E-state index contributed by atoms with van der Waals surface area (Å²) in [5.74, 6) is -7.90. The number of ether oxygens (including phenoxy) is 1. The summed E-state index contributed by atoms with van der Waals surface area (Å²) < 4.78 is 86.4. The monoisotopic (exact) mass is 469 g/mol. The van der Waals surface area contributed by atoms with Gasteiger partial charge >= 0.3 is 6.18 Å². The highest BCUT2D eigenvalue weighted by atomic mass is 19.4. The number of nitrogens with two attached hydrogens (primary N) is 1. The second-order valence-corrected chi connectivity index (χ2v) is 6.66. The number of nitrogens with one attached hydrogen (secondary N) is 1. The lowest BCUT2D eigenvalue weighted by Gasteiger charge is -2.18. The zero-order valence-electron chi connectivity index (χ0n) is 16.6. The van der Waals surface area contributed by atoms with Crippen LogP contribution in [0.5, 0.6) is 11.5 Å². The Morgan fingerprint density at radius 3 is 2.18 bits per heavy atom. The lowest BCUT2D eigenvalue weighted by atomic mass is 10.00. The standard InChI is InChI=1S/C21H13F6N3O3/c1-9-12(21(25,26)27)3-5-16(33-18-13(23)6-10(22)7-14(18)24)17(9)20(32)30-11-2-4-15(19(28)31)29-8-11/h2-8H,1H3,(H2,28,31)(H,30,32). The summed E-state index contributed by atoms with van der Waals surface area (Å²) in [6, 6.07) is 4.28. The Hall–Kier alpha value is -4.09. The largest absolute Gasteiger partial charge is 0.450 e. The second kappa shape index (κ2) is 8.81. The van der Waals surface area contributed by atoms with Crippen molar-refractivity contribution in [2.24, 2.45) is 5.73 Å². The average Bonchev–Trinajstić information content (AvgIpc) is 2.70. The highest BCUT2D eigenvalue weighted by Gasteiger charge is 2.35. The number of anilines is 1. The van der Waals surface area contributed by atoms with Crippen molar-refractivity contribution in [3.63, 3.8) is 0 Å². The molecule has 1 aromatic heterocycles. The van der Waals surface area contributed by atoms with E-state index in [0.29, 0.717) is 24.3 Å². The van der Waals surface area contributed by atoms with Crippen molar-refractivity contribution in [3.8, 4) is 11.5 Å². The molecule has 0 atom stereocenters. The molecule has 1 heterocycles. The normalized spacial score (nSPS) is 11.2. The summed E-state index contributed by atoms with van der Waals surface area (Å²) in [6.45, 7) is 0.969. The Kier molecular flexibility index (Phi) is 6.29. The van der Waals surface area contributed by atoms with Gasteiger partial charge in [0.1, 0.15) is 17.3 Å². The summed E-state index contributed by atoms with van der Waals surface area (Å²) in [6.07, 6.45) is -3.82. The lowest BCUT2D eigenvalue weighted by Crippen LogP contribution is -2.19. The van der Waals surface area contributed by atoms with Crippen LogP contribution >= 0.6 is 0 Å². The van der Waals surface area contributed by atoms with E-state index in [9.17, 15) is 35.9 Å². The fourth-order valence-electron chi connectivity index (χ4n) is 2.90. The van der Waals surface area contributed by atoms with Crippen LogP contribution in [0.2, 0.25) is 0 Å². The van der Waals surface area contributed by atoms with Crippen molar-refractivity contribution < 1.29 is 40.7 Å². The fourth-order valence-corrected chi connectivity index (χ4v) is 2.90. The number of carbonyl (C=O) groups excluding carboxylic acids is 2. The molecule has 0 saturated heterocycles. The SMILES string of the molecule is Cc1c(C(F)(F)F)ccc(Oc2c(F)cc(F)cc2F)c1C(=O)Nc1ccc(C(N)=O)nc1. The van der Waals surface area contributed by atoms with E-state index < -0.39 is 63.6 Å². The first kappa shape index (κ1) is 23.6. The van der Waals surface area contributed by atoms with Gasteiger partial charge in [-0.3, -0.25) is 9.59 Å². The molecule has 12 heteroatoms. The zero-order valence-corrected chi connectivity index (χ0v) is 16.6. The molecule has 0 aliphatic rings. The Morgan fingerprint density at radius 2 is 1.67 bits per heavy atom. The van der Waals surface area contributed by atoms with Crippen LogP contribution in [-0.2, 0) is 6.18 Å². The maximum Gasteiger partial charge on any atom is 0.416 e. The van der Waals surface area contributed by atoms with Gasteiger partial charge in [-0.05, 0) is 36.8 Å². The Morgan fingerprint density at radius 1 is 1.03 bits per heavy atom. The number of amides is 2. The topological polar surface area (TPSA) is 94.3 Å². The summed E-state index contributed by atoms with van der Waals surface area (Å²) in [5.41, 5.74) is 2.44. The molecule has 0 saturated carbocycles. The molecular formula is C21H13F6N3O3. The quantitative estimate of drug-likeness (QED) is 0.516. The van der Waals surface area contributed by atoms with Crippen molar-refractivity contribution in [1.82, 2.24) is 4.98 Å². The van der Waals surface area contributed by atoms with E-state index in [4.69, 9.17) is 10.5 Å². The number of rotatable bonds is 5. The minimum atomic E-state index is -4.85. The van der Waals surface area contributed by atoms with E-state index in [2.05, 4.69) is 10.3 Å². The van der Waals surface area contributed by atoms with E-state index in [1.165, 1.54) is 6.07 Å². The highest BCUT2D eigenvalue weighted by molar-refractivity contribution is 6.07. The van der Waals surface area contributed by atoms with Gasteiger partial charge in [0.05, 0.1) is 23.0 Å². The molecule has 0 aliphatic carbocycles. The minimum absolute atomic E-state index is 0.0214. The molecule has 172 valence electrons. The van der Waals surface area contributed by atoms with Gasteiger partial charge in [-0.2, -0.15) is 13.2 Å². The molecule has 3 rings (SSSR count). The highest BCUT2D eigenvalue weighted by Crippen LogP contribution is 2.39. The second-order valence-electron chi connectivity index (χ2n) is 6.66. The third-order valence-electron chi connectivity index (χ3n) is 4.41. The van der Waals surface area contributed by atoms with Gasteiger partial charge in [-0.15, -0.1) is 0 Å². The summed E-state index contributed by atoms with van der Waals surface area (Å²) in [4.78, 5) is 27.6. The van der Waals surface area contributed by atoms with E-state index >= 15 is 0 Å². The van der Waals surface area contributed by atoms with Crippen molar-refractivity contribution in [2.45, 2.75) is 13.1 Å². The van der Waals surface area contributed by atoms with Crippen molar-refractivity contribution in [3.05, 3.63) is 82.4 Å². The molecule has 6 nitrogen and oxygen atoms in total. The Labute approximate surface area is 182 Å². The number of alkyl halides is 3. The average molecular weight is 469 g/mol. The fraction of sp³-hybridized carbons (Fsp3) is 0.0952. The Bertz CT molecular complexity index is 1220. The van der Waals surface area contributed by atoms with Crippen LogP contribution in [0.3, 0.4) is 0 Å². The number of carbonyl (C=O) groups is 2. The van der Waals surface area contributed by atoms with Crippen LogP contribution in [0, 0.1) is 24.4 Å². The van der Waals surface area contributed by atoms with Crippen molar-refractivity contribution >= 4 is 17.5 Å². The molecule has 0 spiro atoms. The molecule has 0 aliphatic heterocycles. The van der Waals surface area contributed by atoms with E-state index in [1.54, 1.807) is 0 Å². The first-order valence-corrected chi connectivity index (χ1v) is 8.99. The minimum Gasteiger partial charge on any atom is -0.450 e. The van der Waals surface area contributed by atoms with Gasteiger partial charge < -0.3 is 15.8 Å². The molecule has 0 radical (unpaired) electrons. The molecule has 33 heavy (non-hydrogen) atoms. The maximum atomic E-state index is 14.0. The van der Waals surface area contributed by atoms with Gasteiger partial charge in [0.25, 0.3) is 11.8 Å². The number of hydrogen-bond acceptors (Lipinski definition) is 4. The molecule has 3 N–H and O–H groups in total. The van der Waals surface area contributed by atoms with Crippen LogP contribution < -0.4 is 15.8 Å². The molecule has 3 aromatic rings. The van der Waals surface area contributed by atoms with E-state index in [0.717, 1.165) is 19.2 Å². The van der Waals surface area contributed by atoms with Gasteiger partial charge in [-0.1, -0.05) is 0 Å². The molecule has 0 fully saturated rings. The van der Waals surface area contributed by atoms with E-state index in [-0.39, 0.29) is 11.4 Å². The van der Waals surface area contributed by atoms with Crippen molar-refractivity contribution in [1.29, 1.82) is 0 Å². The number of aromatic nitrogens is 1. The number of pyridine rings is 1. The Balaban J connectivity index is 2.07. The molecule has 0 unspecified atom stereocenters. The van der Waals surface area contributed by atoms with Gasteiger partial charge in [0.2, 0.25) is 0 Å². The predicted octanol–water partition coefficient (Wildman–Crippen LogP) is 4.97. The van der Waals surface area contributed by atoms with Crippen molar-refractivity contribution in [2.75, 3.05) is 5.32 Å². The first-order valence-electron chi connectivity index (χ1n) is 8.99. The summed E-state index contributed by atoms with van der Waals surface area (Å²) in [5, 5.41) is 2.26. The number of benzene rings is 2. The number of hydrogen-bond donors (Lipinski definition) is 2. The van der Waals surface area contributed by atoms with Crippen LogP contribution in [0.25, 0.3) is 0 Å². The molecule has 2 aromatic carbocycles. The smallest absolute Gasteiger partial charge is 0.416 e. The maximum absolute atomic E-state index is 14.0. The molecular weight excluding hydrogens is 456 g/mol. The van der Waals surface area contributed by atoms with Crippen LogP contribution in [0.4, 0.5) is 32.0 Å². The summed E-state index contributed by atoms with van der Waals surface area (Å²) >= 11 is 0. The van der Waals surface area contributed by atoms with Crippen LogP contribution in [0.1, 0.15) is 32.0 Å². The number of halogens is 6. The van der Waals surface area contributed by atoms with Gasteiger partial charge in [0.15, 0.2) is 17.4 Å². The van der Waals surface area contributed by atoms with Crippen LogP contribution in [0.15, 0.2) is 42.6 Å².